The SMILES string of the molecule is C=CCC(N)C(=O)NCCCCC#N. The first kappa shape index (κ1) is 12.7. The number of nitrogens with one attached hydrogen (secondary N) is 1. The zero-order valence-electron chi connectivity index (χ0n) is 8.33. The van der Waals surface area contributed by atoms with Gasteiger partial charge in [0, 0.05) is 13.0 Å². The molecule has 4 nitrogen and oxygen atoms in total. The van der Waals surface area contributed by atoms with Gasteiger partial charge in [-0.05, 0) is 19.3 Å². The van der Waals surface area contributed by atoms with E-state index in [4.69, 9.17) is 11.0 Å². The van der Waals surface area contributed by atoms with Crippen LogP contribution >= 0.6 is 0 Å². The number of unbranched alkanes of at least 4 members (excludes halogenated alkanes) is 2. The molecule has 4 heteroatoms. The van der Waals surface area contributed by atoms with E-state index in [0.29, 0.717) is 19.4 Å². The van der Waals surface area contributed by atoms with Crippen molar-refractivity contribution in [1.29, 1.82) is 5.26 Å². The van der Waals surface area contributed by atoms with Crippen molar-refractivity contribution in [3.8, 4) is 6.07 Å². The number of hydrogen-bond acceptors (Lipinski definition) is 3. The van der Waals surface area contributed by atoms with E-state index >= 15 is 0 Å². The molecule has 0 aliphatic rings. The fourth-order valence-corrected chi connectivity index (χ4v) is 0.958. The van der Waals surface area contributed by atoms with Crippen LogP contribution in [0.25, 0.3) is 0 Å². The summed E-state index contributed by atoms with van der Waals surface area (Å²) in [5.41, 5.74) is 5.53. The third kappa shape index (κ3) is 6.21. The lowest BCUT2D eigenvalue weighted by Gasteiger charge is -2.09. The van der Waals surface area contributed by atoms with Gasteiger partial charge in [-0.3, -0.25) is 4.79 Å². The molecule has 0 heterocycles. The van der Waals surface area contributed by atoms with Gasteiger partial charge in [-0.25, -0.2) is 0 Å². The molecule has 0 spiro atoms. The minimum Gasteiger partial charge on any atom is -0.355 e. The van der Waals surface area contributed by atoms with Crippen molar-refractivity contribution in [2.24, 2.45) is 5.73 Å². The third-order valence-corrected chi connectivity index (χ3v) is 1.77. The summed E-state index contributed by atoms with van der Waals surface area (Å²) in [4.78, 5) is 11.2. The average molecular weight is 195 g/mol. The number of carbonyl (C=O) groups excluding carboxylic acids is 1. The molecule has 0 aliphatic heterocycles. The van der Waals surface area contributed by atoms with Crippen molar-refractivity contribution in [2.75, 3.05) is 6.54 Å². The summed E-state index contributed by atoms with van der Waals surface area (Å²) in [5.74, 6) is -0.151. The van der Waals surface area contributed by atoms with Gasteiger partial charge in [0.15, 0.2) is 0 Å². The first-order chi connectivity index (χ1) is 6.72. The van der Waals surface area contributed by atoms with E-state index in [1.807, 2.05) is 6.07 Å². The zero-order valence-corrected chi connectivity index (χ0v) is 8.33. The van der Waals surface area contributed by atoms with E-state index in [1.54, 1.807) is 6.08 Å². The van der Waals surface area contributed by atoms with E-state index in [-0.39, 0.29) is 5.91 Å². The van der Waals surface area contributed by atoms with Crippen molar-refractivity contribution < 1.29 is 4.79 Å². The van der Waals surface area contributed by atoms with Crippen LogP contribution in [-0.4, -0.2) is 18.5 Å². The summed E-state index contributed by atoms with van der Waals surface area (Å²) in [7, 11) is 0. The second-order valence-electron chi connectivity index (χ2n) is 3.04. The van der Waals surface area contributed by atoms with Crippen LogP contribution in [0.1, 0.15) is 25.7 Å². The van der Waals surface area contributed by atoms with Crippen LogP contribution in [0, 0.1) is 11.3 Å². The maximum Gasteiger partial charge on any atom is 0.237 e. The molecule has 0 rings (SSSR count). The van der Waals surface area contributed by atoms with E-state index in [1.165, 1.54) is 0 Å². The number of nitriles is 1. The van der Waals surface area contributed by atoms with Crippen molar-refractivity contribution in [3.63, 3.8) is 0 Å². The standard InChI is InChI=1S/C10H17N3O/c1-2-6-9(12)10(14)13-8-5-3-4-7-11/h2,9H,1,3-6,8,12H2,(H,13,14). The van der Waals surface area contributed by atoms with Gasteiger partial charge in [0.05, 0.1) is 12.1 Å². The molecule has 14 heavy (non-hydrogen) atoms. The molecule has 78 valence electrons. The van der Waals surface area contributed by atoms with Crippen LogP contribution in [0.5, 0.6) is 0 Å². The van der Waals surface area contributed by atoms with Crippen LogP contribution in [0.4, 0.5) is 0 Å². The number of amides is 1. The molecule has 3 N–H and O–H groups in total. The molecule has 0 aromatic heterocycles. The lowest BCUT2D eigenvalue weighted by Crippen LogP contribution is -2.40. The highest BCUT2D eigenvalue weighted by molar-refractivity contribution is 5.81. The van der Waals surface area contributed by atoms with Gasteiger partial charge < -0.3 is 11.1 Å². The number of hydrogen-bond donors (Lipinski definition) is 2. The minimum absolute atomic E-state index is 0.151. The van der Waals surface area contributed by atoms with E-state index in [2.05, 4.69) is 11.9 Å². The molecular formula is C10H17N3O. The number of nitrogens with two attached hydrogens (primary N) is 1. The van der Waals surface area contributed by atoms with Crippen LogP contribution in [-0.2, 0) is 4.79 Å². The lowest BCUT2D eigenvalue weighted by molar-refractivity contribution is -0.122. The quantitative estimate of drug-likeness (QED) is 0.463. The summed E-state index contributed by atoms with van der Waals surface area (Å²) >= 11 is 0. The number of nitrogens with zero attached hydrogens (tertiary/aromatic N) is 1. The Morgan fingerprint density at radius 3 is 2.93 bits per heavy atom. The highest BCUT2D eigenvalue weighted by Gasteiger charge is 2.09. The van der Waals surface area contributed by atoms with Crippen LogP contribution < -0.4 is 11.1 Å². The maximum absolute atomic E-state index is 11.2. The Kier molecular flexibility index (Phi) is 7.48. The largest absolute Gasteiger partial charge is 0.355 e. The van der Waals surface area contributed by atoms with Gasteiger partial charge in [-0.15, -0.1) is 6.58 Å². The van der Waals surface area contributed by atoms with Gasteiger partial charge in [0.2, 0.25) is 5.91 Å². The van der Waals surface area contributed by atoms with Gasteiger partial charge in [0.25, 0.3) is 0 Å². The molecule has 0 fully saturated rings. The Hall–Kier alpha value is -1.34. The molecule has 0 aromatic carbocycles. The van der Waals surface area contributed by atoms with Crippen molar-refractivity contribution in [1.82, 2.24) is 5.32 Å². The Morgan fingerprint density at radius 2 is 2.36 bits per heavy atom. The predicted molar refractivity (Wildman–Crippen MR) is 55.3 cm³/mol. The molecular weight excluding hydrogens is 178 g/mol. The van der Waals surface area contributed by atoms with Crippen LogP contribution in [0.3, 0.4) is 0 Å². The molecule has 0 radical (unpaired) electrons. The normalized spacial score (nSPS) is 11.4. The first-order valence-electron chi connectivity index (χ1n) is 4.73. The topological polar surface area (TPSA) is 78.9 Å². The molecule has 0 saturated heterocycles. The van der Waals surface area contributed by atoms with E-state index in [9.17, 15) is 4.79 Å². The monoisotopic (exact) mass is 195 g/mol. The zero-order chi connectivity index (χ0) is 10.8. The predicted octanol–water partition coefficient (Wildman–Crippen LogP) is 0.700. The molecule has 1 amide bonds. The second kappa shape index (κ2) is 8.27. The van der Waals surface area contributed by atoms with Gasteiger partial charge in [-0.1, -0.05) is 6.08 Å². The minimum atomic E-state index is -0.497. The van der Waals surface area contributed by atoms with Crippen molar-refractivity contribution in [2.45, 2.75) is 31.7 Å². The molecule has 1 unspecified atom stereocenters. The highest BCUT2D eigenvalue weighted by atomic mass is 16.2. The van der Waals surface area contributed by atoms with E-state index < -0.39 is 6.04 Å². The fourth-order valence-electron chi connectivity index (χ4n) is 0.958. The van der Waals surface area contributed by atoms with Crippen LogP contribution in [0.2, 0.25) is 0 Å². The van der Waals surface area contributed by atoms with Gasteiger partial charge in [-0.2, -0.15) is 5.26 Å². The Balaban J connectivity index is 3.44. The average Bonchev–Trinajstić information content (AvgIpc) is 2.17. The number of carbonyl (C=O) groups is 1. The second-order valence-corrected chi connectivity index (χ2v) is 3.04. The fraction of sp³-hybridized carbons (Fsp3) is 0.600. The molecule has 0 saturated carbocycles. The molecule has 0 aromatic rings. The highest BCUT2D eigenvalue weighted by Crippen LogP contribution is 1.93. The maximum atomic E-state index is 11.2. The summed E-state index contributed by atoms with van der Waals surface area (Å²) < 4.78 is 0. The van der Waals surface area contributed by atoms with E-state index in [0.717, 1.165) is 12.8 Å². The van der Waals surface area contributed by atoms with Gasteiger partial charge >= 0.3 is 0 Å². The van der Waals surface area contributed by atoms with Crippen LogP contribution in [0.15, 0.2) is 12.7 Å². The Bertz CT molecular complexity index is 220. The summed E-state index contributed by atoms with van der Waals surface area (Å²) in [6, 6.07) is 1.55. The first-order valence-corrected chi connectivity index (χ1v) is 4.73. The summed E-state index contributed by atoms with van der Waals surface area (Å²) in [6.45, 7) is 4.10. The number of rotatable bonds is 7. The summed E-state index contributed by atoms with van der Waals surface area (Å²) in [5, 5.41) is 11.0. The third-order valence-electron chi connectivity index (χ3n) is 1.77. The Labute approximate surface area is 84.8 Å². The smallest absolute Gasteiger partial charge is 0.237 e. The lowest BCUT2D eigenvalue weighted by atomic mass is 10.2. The van der Waals surface area contributed by atoms with Crippen molar-refractivity contribution in [3.05, 3.63) is 12.7 Å². The molecule has 0 aliphatic carbocycles. The van der Waals surface area contributed by atoms with Gasteiger partial charge in [0.1, 0.15) is 0 Å². The molecule has 0 bridgehead atoms. The Morgan fingerprint density at radius 1 is 1.64 bits per heavy atom. The van der Waals surface area contributed by atoms with Crippen molar-refractivity contribution >= 4 is 5.91 Å². The summed E-state index contributed by atoms with van der Waals surface area (Å²) in [6.07, 6.45) is 4.28. The molecule has 1 atom stereocenters.